The van der Waals surface area contributed by atoms with Crippen LogP contribution in [0.3, 0.4) is 0 Å². The average Bonchev–Trinajstić information content (AvgIpc) is 3.20. The average molecular weight is 292 g/mol. The Labute approximate surface area is 122 Å². The minimum atomic E-state index is -0.968. The molecular weight excluding hydrogens is 272 g/mol. The van der Waals surface area contributed by atoms with Crippen LogP contribution in [0.25, 0.3) is 0 Å². The highest BCUT2D eigenvalue weighted by atomic mass is 16.4. The van der Waals surface area contributed by atoms with Gasteiger partial charge in [0.25, 0.3) is 0 Å². The first-order valence-electron chi connectivity index (χ1n) is 7.43. The van der Waals surface area contributed by atoms with Crippen molar-refractivity contribution < 1.29 is 14.7 Å². The number of nitrogens with zero attached hydrogens (tertiary/aromatic N) is 3. The van der Waals surface area contributed by atoms with Crippen molar-refractivity contribution in [3.8, 4) is 0 Å². The van der Waals surface area contributed by atoms with E-state index < -0.39 is 12.0 Å². The van der Waals surface area contributed by atoms with Crippen LogP contribution in [0.1, 0.15) is 37.6 Å². The fourth-order valence-electron chi connectivity index (χ4n) is 2.88. The Morgan fingerprint density at radius 2 is 2.29 bits per heavy atom. The van der Waals surface area contributed by atoms with E-state index in [1.807, 2.05) is 11.8 Å². The van der Waals surface area contributed by atoms with E-state index in [0.29, 0.717) is 6.54 Å². The third kappa shape index (κ3) is 2.59. The third-order valence-electron chi connectivity index (χ3n) is 4.13. The molecular formula is C14H20N4O3. The molecule has 1 saturated carbocycles. The van der Waals surface area contributed by atoms with Gasteiger partial charge in [0.2, 0.25) is 0 Å². The maximum atomic E-state index is 12.8. The van der Waals surface area contributed by atoms with E-state index in [4.69, 9.17) is 0 Å². The molecule has 0 bridgehead atoms. The molecule has 1 aromatic heterocycles. The van der Waals surface area contributed by atoms with E-state index in [1.165, 1.54) is 4.90 Å². The highest BCUT2D eigenvalue weighted by Crippen LogP contribution is 2.30. The third-order valence-corrected chi connectivity index (χ3v) is 4.13. The van der Waals surface area contributed by atoms with Crippen molar-refractivity contribution >= 4 is 12.0 Å². The van der Waals surface area contributed by atoms with Crippen molar-refractivity contribution in [1.29, 1.82) is 0 Å². The first kappa shape index (κ1) is 13.9. The molecule has 0 radical (unpaired) electrons. The molecule has 0 saturated heterocycles. The number of fused-ring (bicyclic) bond motifs is 1. The van der Waals surface area contributed by atoms with Gasteiger partial charge >= 0.3 is 12.0 Å². The molecule has 1 atom stereocenters. The summed E-state index contributed by atoms with van der Waals surface area (Å²) >= 11 is 0. The van der Waals surface area contributed by atoms with E-state index >= 15 is 0 Å². The van der Waals surface area contributed by atoms with Crippen LogP contribution in [0.5, 0.6) is 0 Å². The molecule has 3 rings (SSSR count). The number of aromatic nitrogens is 2. The second-order valence-corrected chi connectivity index (χ2v) is 5.72. The minimum Gasteiger partial charge on any atom is -0.480 e. The zero-order valence-corrected chi connectivity index (χ0v) is 12.1. The number of aromatic amines is 1. The summed E-state index contributed by atoms with van der Waals surface area (Å²) in [6.45, 7) is 3.00. The molecule has 21 heavy (non-hydrogen) atoms. The van der Waals surface area contributed by atoms with E-state index in [-0.39, 0.29) is 25.0 Å². The maximum absolute atomic E-state index is 12.8. The number of imidazole rings is 1. The second kappa shape index (κ2) is 5.38. The number of urea groups is 1. The van der Waals surface area contributed by atoms with Gasteiger partial charge in [-0.2, -0.15) is 0 Å². The van der Waals surface area contributed by atoms with Crippen LogP contribution < -0.4 is 0 Å². The molecule has 1 unspecified atom stereocenters. The normalized spacial score (nSPS) is 21.0. The van der Waals surface area contributed by atoms with E-state index in [9.17, 15) is 14.7 Å². The number of carboxylic acids is 1. The van der Waals surface area contributed by atoms with Crippen LogP contribution >= 0.6 is 0 Å². The lowest BCUT2D eigenvalue weighted by atomic mass is 10.0. The number of carboxylic acid groups (broad SMARTS) is 1. The van der Waals surface area contributed by atoms with Gasteiger partial charge in [0.1, 0.15) is 6.04 Å². The van der Waals surface area contributed by atoms with Gasteiger partial charge in [-0.1, -0.05) is 6.92 Å². The highest BCUT2D eigenvalue weighted by molar-refractivity contribution is 5.83. The Hall–Kier alpha value is -2.05. The van der Waals surface area contributed by atoms with Crippen molar-refractivity contribution in [2.45, 2.75) is 51.2 Å². The van der Waals surface area contributed by atoms with Crippen molar-refractivity contribution in [2.75, 3.05) is 6.54 Å². The molecule has 2 amide bonds. The van der Waals surface area contributed by atoms with E-state index in [0.717, 1.165) is 30.7 Å². The van der Waals surface area contributed by atoms with Crippen molar-refractivity contribution in [1.82, 2.24) is 19.8 Å². The molecule has 7 heteroatoms. The Morgan fingerprint density at radius 3 is 2.90 bits per heavy atom. The number of carbonyl (C=O) groups excluding carboxylic acids is 1. The molecule has 114 valence electrons. The summed E-state index contributed by atoms with van der Waals surface area (Å²) in [5.74, 6) is -0.968. The van der Waals surface area contributed by atoms with Gasteiger partial charge in [0, 0.05) is 19.0 Å². The Bertz CT molecular complexity index is 552. The molecule has 1 fully saturated rings. The van der Waals surface area contributed by atoms with Gasteiger partial charge in [0.05, 0.1) is 24.3 Å². The quantitative estimate of drug-likeness (QED) is 0.873. The zero-order chi connectivity index (χ0) is 15.0. The van der Waals surface area contributed by atoms with Crippen LogP contribution in [-0.2, 0) is 17.8 Å². The van der Waals surface area contributed by atoms with Gasteiger partial charge in [-0.3, -0.25) is 0 Å². The van der Waals surface area contributed by atoms with Crippen LogP contribution in [-0.4, -0.2) is 55.5 Å². The smallest absolute Gasteiger partial charge is 0.326 e. The minimum absolute atomic E-state index is 0.160. The van der Waals surface area contributed by atoms with E-state index in [1.54, 1.807) is 6.33 Å². The monoisotopic (exact) mass is 292 g/mol. The fraction of sp³-hybridized carbons (Fsp3) is 0.643. The topological polar surface area (TPSA) is 89.5 Å². The molecule has 1 aliphatic carbocycles. The maximum Gasteiger partial charge on any atom is 0.326 e. The summed E-state index contributed by atoms with van der Waals surface area (Å²) in [6.07, 6.45) is 4.75. The van der Waals surface area contributed by atoms with Crippen molar-refractivity contribution in [3.05, 3.63) is 17.7 Å². The molecule has 0 spiro atoms. The first-order chi connectivity index (χ1) is 10.1. The first-order valence-corrected chi connectivity index (χ1v) is 7.43. The highest BCUT2D eigenvalue weighted by Gasteiger charge is 2.41. The predicted molar refractivity (Wildman–Crippen MR) is 74.7 cm³/mol. The number of H-pyrrole nitrogens is 1. The molecule has 0 aromatic carbocycles. The second-order valence-electron chi connectivity index (χ2n) is 5.72. The lowest BCUT2D eigenvalue weighted by Gasteiger charge is -2.36. The van der Waals surface area contributed by atoms with Gasteiger partial charge < -0.3 is 19.9 Å². The van der Waals surface area contributed by atoms with E-state index in [2.05, 4.69) is 9.97 Å². The Balaban J connectivity index is 1.84. The fourth-order valence-corrected chi connectivity index (χ4v) is 2.88. The number of hydrogen-bond acceptors (Lipinski definition) is 3. The summed E-state index contributed by atoms with van der Waals surface area (Å²) in [4.78, 5) is 34.7. The SMILES string of the molecule is CCCN(C(=O)N1Cc2[nH]cnc2CC1C(=O)O)C1CC1. The summed E-state index contributed by atoms with van der Waals surface area (Å²) in [6, 6.07) is -0.700. The largest absolute Gasteiger partial charge is 0.480 e. The Kier molecular flexibility index (Phi) is 3.57. The molecule has 2 heterocycles. The molecule has 2 N–H and O–H groups in total. The predicted octanol–water partition coefficient (Wildman–Crippen LogP) is 1.22. The number of carbonyl (C=O) groups is 2. The summed E-state index contributed by atoms with van der Waals surface area (Å²) in [5, 5.41) is 9.44. The molecule has 1 aromatic rings. The number of rotatable bonds is 4. The lowest BCUT2D eigenvalue weighted by Crippen LogP contribution is -2.54. The summed E-state index contributed by atoms with van der Waals surface area (Å²) in [7, 11) is 0. The zero-order valence-electron chi connectivity index (χ0n) is 12.1. The summed E-state index contributed by atoms with van der Waals surface area (Å²) in [5.41, 5.74) is 1.59. The van der Waals surface area contributed by atoms with Gasteiger partial charge in [-0.25, -0.2) is 14.6 Å². The number of amides is 2. The van der Waals surface area contributed by atoms with Crippen molar-refractivity contribution in [3.63, 3.8) is 0 Å². The van der Waals surface area contributed by atoms with Crippen molar-refractivity contribution in [2.24, 2.45) is 0 Å². The van der Waals surface area contributed by atoms with Crippen LogP contribution in [0.4, 0.5) is 4.79 Å². The molecule has 2 aliphatic rings. The van der Waals surface area contributed by atoms with Gasteiger partial charge in [-0.05, 0) is 19.3 Å². The van der Waals surface area contributed by atoms with Crippen LogP contribution in [0.2, 0.25) is 0 Å². The lowest BCUT2D eigenvalue weighted by molar-refractivity contribution is -0.143. The Morgan fingerprint density at radius 1 is 1.52 bits per heavy atom. The van der Waals surface area contributed by atoms with Crippen LogP contribution in [0, 0.1) is 0 Å². The summed E-state index contributed by atoms with van der Waals surface area (Å²) < 4.78 is 0. The molecule has 1 aliphatic heterocycles. The number of nitrogens with one attached hydrogen (secondary N) is 1. The number of hydrogen-bond donors (Lipinski definition) is 2. The number of aliphatic carboxylic acids is 1. The van der Waals surface area contributed by atoms with Gasteiger partial charge in [-0.15, -0.1) is 0 Å². The van der Waals surface area contributed by atoms with Crippen LogP contribution in [0.15, 0.2) is 6.33 Å². The standard InChI is InChI=1S/C14H20N4O3/c1-2-5-17(9-3-4-9)14(21)18-7-11-10(15-8-16-11)6-12(18)13(19)20/h8-9,12H,2-7H2,1H3,(H,15,16)(H,19,20). The molecule has 7 nitrogen and oxygen atoms in total. The van der Waals surface area contributed by atoms with Gasteiger partial charge in [0.15, 0.2) is 0 Å².